The lowest BCUT2D eigenvalue weighted by Gasteiger charge is -2.53. The number of urea groups is 1. The molecule has 2 saturated heterocycles. The zero-order valence-electron chi connectivity index (χ0n) is 17.2. The molecule has 30 heavy (non-hydrogen) atoms. The SMILES string of the molecule is Cc1ccc2nc3c(c(=O)n2c1)CC1(C(=O)N(C)C(=O)N(C)C1=O)C1CCCCN31. The molecule has 3 aliphatic rings. The van der Waals surface area contributed by atoms with Gasteiger partial charge in [0, 0.05) is 33.3 Å². The van der Waals surface area contributed by atoms with Crippen molar-refractivity contribution in [1.29, 1.82) is 0 Å². The molecule has 2 aromatic heterocycles. The fourth-order valence-electron chi connectivity index (χ4n) is 5.28. The first kappa shape index (κ1) is 18.8. The van der Waals surface area contributed by atoms with E-state index in [9.17, 15) is 19.2 Å². The molecule has 1 unspecified atom stereocenters. The smallest absolute Gasteiger partial charge is 0.332 e. The van der Waals surface area contributed by atoms with E-state index in [1.54, 1.807) is 12.3 Å². The number of piperidine rings is 1. The minimum Gasteiger partial charge on any atom is -0.352 e. The highest BCUT2D eigenvalue weighted by Crippen LogP contribution is 2.47. The van der Waals surface area contributed by atoms with Crippen LogP contribution in [0.2, 0.25) is 0 Å². The highest BCUT2D eigenvalue weighted by molar-refractivity contribution is 6.20. The van der Waals surface area contributed by atoms with Crippen LogP contribution in [0.4, 0.5) is 10.6 Å². The molecule has 0 aromatic carbocycles. The molecule has 9 nitrogen and oxygen atoms in total. The second-order valence-corrected chi connectivity index (χ2v) is 8.52. The first-order valence-corrected chi connectivity index (χ1v) is 10.2. The molecule has 2 aromatic rings. The Bertz CT molecular complexity index is 1160. The second kappa shape index (κ2) is 6.13. The first-order chi connectivity index (χ1) is 14.3. The quantitative estimate of drug-likeness (QED) is 0.602. The molecule has 2 fully saturated rings. The Hall–Kier alpha value is -3.23. The lowest BCUT2D eigenvalue weighted by molar-refractivity contribution is -0.159. The molecule has 5 rings (SSSR count). The summed E-state index contributed by atoms with van der Waals surface area (Å²) in [6.45, 7) is 2.49. The molecule has 0 N–H and O–H groups in total. The van der Waals surface area contributed by atoms with Gasteiger partial charge in [-0.1, -0.05) is 6.07 Å². The van der Waals surface area contributed by atoms with Gasteiger partial charge in [-0.3, -0.25) is 28.6 Å². The van der Waals surface area contributed by atoms with Crippen LogP contribution in [0.15, 0.2) is 23.1 Å². The Morgan fingerprint density at radius 2 is 1.73 bits per heavy atom. The van der Waals surface area contributed by atoms with E-state index < -0.39 is 29.3 Å². The van der Waals surface area contributed by atoms with Crippen molar-refractivity contribution in [3.8, 4) is 0 Å². The maximum Gasteiger partial charge on any atom is 0.332 e. The number of hydrogen-bond acceptors (Lipinski definition) is 6. The number of nitrogens with zero attached hydrogens (tertiary/aromatic N) is 5. The summed E-state index contributed by atoms with van der Waals surface area (Å²) < 4.78 is 1.47. The van der Waals surface area contributed by atoms with Gasteiger partial charge in [0.05, 0.1) is 11.6 Å². The summed E-state index contributed by atoms with van der Waals surface area (Å²) in [6, 6.07) is 2.62. The number of fused-ring (bicyclic) bond motifs is 5. The van der Waals surface area contributed by atoms with Crippen LogP contribution in [0, 0.1) is 12.3 Å². The molecule has 0 aliphatic carbocycles. The molecule has 0 bridgehead atoms. The van der Waals surface area contributed by atoms with E-state index in [4.69, 9.17) is 4.98 Å². The molecule has 3 aliphatic heterocycles. The van der Waals surface area contributed by atoms with E-state index >= 15 is 0 Å². The molecule has 5 heterocycles. The average Bonchev–Trinajstić information content (AvgIpc) is 2.76. The summed E-state index contributed by atoms with van der Waals surface area (Å²) >= 11 is 0. The largest absolute Gasteiger partial charge is 0.352 e. The molecular formula is C21H23N5O4. The Morgan fingerprint density at radius 1 is 1.03 bits per heavy atom. The van der Waals surface area contributed by atoms with Crippen LogP contribution >= 0.6 is 0 Å². The van der Waals surface area contributed by atoms with Gasteiger partial charge in [-0.15, -0.1) is 0 Å². The van der Waals surface area contributed by atoms with Gasteiger partial charge in [0.25, 0.3) is 5.56 Å². The van der Waals surface area contributed by atoms with Crippen molar-refractivity contribution in [2.24, 2.45) is 5.41 Å². The summed E-state index contributed by atoms with van der Waals surface area (Å²) in [7, 11) is 2.79. The van der Waals surface area contributed by atoms with Gasteiger partial charge >= 0.3 is 6.03 Å². The Balaban J connectivity index is 1.80. The summed E-state index contributed by atoms with van der Waals surface area (Å²) in [5.74, 6) is -0.513. The van der Waals surface area contributed by atoms with Crippen LogP contribution < -0.4 is 10.5 Å². The van der Waals surface area contributed by atoms with Gasteiger partial charge in [0.2, 0.25) is 11.8 Å². The van der Waals surface area contributed by atoms with Crippen LogP contribution in [0.25, 0.3) is 5.65 Å². The molecule has 9 heteroatoms. The summed E-state index contributed by atoms with van der Waals surface area (Å²) in [6.07, 6.45) is 4.04. The van der Waals surface area contributed by atoms with E-state index in [-0.39, 0.29) is 12.0 Å². The zero-order valence-corrected chi connectivity index (χ0v) is 17.2. The van der Waals surface area contributed by atoms with Crippen LogP contribution in [-0.4, -0.2) is 63.7 Å². The molecule has 156 valence electrons. The summed E-state index contributed by atoms with van der Waals surface area (Å²) in [5.41, 5.74) is 0.0286. The molecule has 0 radical (unpaired) electrons. The highest BCUT2D eigenvalue weighted by atomic mass is 16.2. The van der Waals surface area contributed by atoms with E-state index in [0.717, 1.165) is 28.2 Å². The fraction of sp³-hybridized carbons (Fsp3) is 0.476. The lowest BCUT2D eigenvalue weighted by atomic mass is 9.66. The van der Waals surface area contributed by atoms with Crippen molar-refractivity contribution in [2.75, 3.05) is 25.5 Å². The number of carbonyl (C=O) groups is 3. The van der Waals surface area contributed by atoms with Crippen molar-refractivity contribution in [3.63, 3.8) is 0 Å². The number of aryl methyl sites for hydroxylation is 1. The topological polar surface area (TPSA) is 95.3 Å². The normalized spacial score (nSPS) is 23.2. The van der Waals surface area contributed by atoms with Crippen molar-refractivity contribution in [1.82, 2.24) is 19.2 Å². The van der Waals surface area contributed by atoms with Crippen LogP contribution in [0.1, 0.15) is 30.4 Å². The van der Waals surface area contributed by atoms with Gasteiger partial charge in [-0.05, 0) is 37.8 Å². The lowest BCUT2D eigenvalue weighted by Crippen LogP contribution is -2.72. The minimum atomic E-state index is -1.50. The maximum atomic E-state index is 13.5. The van der Waals surface area contributed by atoms with E-state index in [1.807, 2.05) is 17.9 Å². The average molecular weight is 409 g/mol. The summed E-state index contributed by atoms with van der Waals surface area (Å²) in [5, 5.41) is 0. The predicted molar refractivity (Wildman–Crippen MR) is 108 cm³/mol. The number of carbonyl (C=O) groups excluding carboxylic acids is 3. The van der Waals surface area contributed by atoms with Gasteiger partial charge in [-0.2, -0.15) is 0 Å². The monoisotopic (exact) mass is 409 g/mol. The van der Waals surface area contributed by atoms with Gasteiger partial charge in [0.15, 0.2) is 5.41 Å². The first-order valence-electron chi connectivity index (χ1n) is 10.2. The molecule has 4 amide bonds. The van der Waals surface area contributed by atoms with Crippen molar-refractivity contribution < 1.29 is 14.4 Å². The third-order valence-corrected chi connectivity index (χ3v) is 6.79. The maximum absolute atomic E-state index is 13.5. The fourth-order valence-corrected chi connectivity index (χ4v) is 5.28. The van der Waals surface area contributed by atoms with Crippen molar-refractivity contribution >= 4 is 29.3 Å². The minimum absolute atomic E-state index is 0.0498. The standard InChI is InChI=1S/C21H23N5O4/c1-12-7-8-15-22-16-13(17(27)26(15)11-12)10-21(14-6-4-5-9-25(14)16)18(28)23(2)20(30)24(3)19(21)29/h7-8,11,14H,4-6,9-10H2,1-3H3. The van der Waals surface area contributed by atoms with Crippen molar-refractivity contribution in [3.05, 3.63) is 39.8 Å². The molecule has 1 spiro atoms. The van der Waals surface area contributed by atoms with Gasteiger partial charge < -0.3 is 4.90 Å². The molecular weight excluding hydrogens is 386 g/mol. The predicted octanol–water partition coefficient (Wildman–Crippen LogP) is 0.955. The summed E-state index contributed by atoms with van der Waals surface area (Å²) in [4.78, 5) is 61.5. The van der Waals surface area contributed by atoms with Gasteiger partial charge in [0.1, 0.15) is 11.5 Å². The Morgan fingerprint density at radius 3 is 2.43 bits per heavy atom. The van der Waals surface area contributed by atoms with Gasteiger partial charge in [-0.25, -0.2) is 9.78 Å². The zero-order chi connectivity index (χ0) is 21.4. The number of aromatic nitrogens is 2. The van der Waals surface area contributed by atoms with Crippen LogP contribution in [-0.2, 0) is 16.0 Å². The van der Waals surface area contributed by atoms with E-state index in [0.29, 0.717) is 30.0 Å². The number of hydrogen-bond donors (Lipinski definition) is 0. The Labute approximate surface area is 172 Å². The number of imide groups is 2. The number of rotatable bonds is 0. The molecule has 1 atom stereocenters. The van der Waals surface area contributed by atoms with Crippen molar-refractivity contribution in [2.45, 2.75) is 38.6 Å². The number of barbiturate groups is 1. The van der Waals surface area contributed by atoms with E-state index in [2.05, 4.69) is 0 Å². The second-order valence-electron chi connectivity index (χ2n) is 8.52. The van der Waals surface area contributed by atoms with Crippen LogP contribution in [0.3, 0.4) is 0 Å². The number of amides is 4. The number of pyridine rings is 1. The third kappa shape index (κ3) is 2.20. The molecule has 0 saturated carbocycles. The number of anilines is 1. The highest BCUT2D eigenvalue weighted by Gasteiger charge is 2.63. The third-order valence-electron chi connectivity index (χ3n) is 6.79. The van der Waals surface area contributed by atoms with Crippen LogP contribution in [0.5, 0.6) is 0 Å². The Kier molecular flexibility index (Phi) is 3.84. The van der Waals surface area contributed by atoms with E-state index in [1.165, 1.54) is 18.5 Å².